The molecule has 1 aromatic rings. The van der Waals surface area contributed by atoms with Crippen molar-refractivity contribution in [1.29, 1.82) is 0 Å². The maximum atomic E-state index is 3.64. The van der Waals surface area contributed by atoms with Gasteiger partial charge in [-0.3, -0.25) is 21.3 Å². The Bertz CT molecular complexity index is 526. The lowest BCUT2D eigenvalue weighted by Gasteiger charge is -2.40. The molecule has 0 aliphatic carbocycles. The molecule has 4 nitrogen and oxygen atoms in total. The minimum atomic E-state index is 0.0394. The average molecular weight is 314 g/mol. The molecule has 2 fully saturated rings. The lowest BCUT2D eigenvalue weighted by molar-refractivity contribution is 0.269. The van der Waals surface area contributed by atoms with E-state index in [4.69, 9.17) is 0 Å². The SMILES string of the molecule is CC=C(C(c1ccccc1)C1NCCN1)C(C)(C)C1NCCN1. The Morgan fingerprint density at radius 1 is 1.00 bits per heavy atom. The highest BCUT2D eigenvalue weighted by Gasteiger charge is 2.41. The lowest BCUT2D eigenvalue weighted by Crippen LogP contribution is -2.49. The fraction of sp³-hybridized carbons (Fsp3) is 0.579. The van der Waals surface area contributed by atoms with Crippen LogP contribution in [0.1, 0.15) is 32.3 Å². The fourth-order valence-electron chi connectivity index (χ4n) is 4.11. The first kappa shape index (κ1) is 16.7. The minimum absolute atomic E-state index is 0.0394. The van der Waals surface area contributed by atoms with Crippen LogP contribution in [0.5, 0.6) is 0 Å². The normalized spacial score (nSPS) is 22.7. The van der Waals surface area contributed by atoms with Gasteiger partial charge in [-0.15, -0.1) is 0 Å². The summed E-state index contributed by atoms with van der Waals surface area (Å²) in [7, 11) is 0. The van der Waals surface area contributed by atoms with Crippen molar-refractivity contribution in [3.8, 4) is 0 Å². The molecule has 2 saturated heterocycles. The molecule has 4 heteroatoms. The third-order valence-corrected chi connectivity index (χ3v) is 5.28. The summed E-state index contributed by atoms with van der Waals surface area (Å²) in [5, 5.41) is 14.5. The molecule has 0 spiro atoms. The topological polar surface area (TPSA) is 48.1 Å². The Labute approximate surface area is 140 Å². The monoisotopic (exact) mass is 314 g/mol. The van der Waals surface area contributed by atoms with Crippen LogP contribution in [-0.2, 0) is 0 Å². The molecule has 2 heterocycles. The molecule has 0 radical (unpaired) electrons. The van der Waals surface area contributed by atoms with Gasteiger partial charge >= 0.3 is 0 Å². The van der Waals surface area contributed by atoms with Gasteiger partial charge in [0, 0.05) is 37.5 Å². The van der Waals surface area contributed by atoms with Crippen molar-refractivity contribution < 1.29 is 0 Å². The number of hydrogen-bond donors (Lipinski definition) is 4. The molecule has 1 atom stereocenters. The lowest BCUT2D eigenvalue weighted by atomic mass is 9.71. The molecule has 126 valence electrons. The Hall–Kier alpha value is -1.20. The number of nitrogens with one attached hydrogen (secondary N) is 4. The molecule has 1 unspecified atom stereocenters. The van der Waals surface area contributed by atoms with E-state index in [-0.39, 0.29) is 5.41 Å². The first-order valence-corrected chi connectivity index (χ1v) is 8.79. The average Bonchev–Trinajstić information content (AvgIpc) is 3.26. The van der Waals surface area contributed by atoms with E-state index in [2.05, 4.69) is 78.4 Å². The van der Waals surface area contributed by atoms with Gasteiger partial charge in [0.05, 0.1) is 12.3 Å². The number of rotatable bonds is 5. The van der Waals surface area contributed by atoms with Gasteiger partial charge in [0.2, 0.25) is 0 Å². The zero-order chi connectivity index (χ0) is 16.3. The molecule has 0 saturated carbocycles. The van der Waals surface area contributed by atoms with Crippen molar-refractivity contribution in [2.45, 2.75) is 39.0 Å². The second-order valence-electron chi connectivity index (χ2n) is 7.08. The quantitative estimate of drug-likeness (QED) is 0.626. The van der Waals surface area contributed by atoms with Crippen LogP contribution in [0.3, 0.4) is 0 Å². The van der Waals surface area contributed by atoms with Crippen molar-refractivity contribution in [3.63, 3.8) is 0 Å². The summed E-state index contributed by atoms with van der Waals surface area (Å²) in [6.07, 6.45) is 2.94. The molecule has 3 rings (SSSR count). The highest BCUT2D eigenvalue weighted by molar-refractivity contribution is 5.35. The van der Waals surface area contributed by atoms with Gasteiger partial charge in [-0.05, 0) is 12.5 Å². The van der Waals surface area contributed by atoms with E-state index in [0.717, 1.165) is 26.2 Å². The van der Waals surface area contributed by atoms with E-state index < -0.39 is 0 Å². The molecular weight excluding hydrogens is 284 g/mol. The van der Waals surface area contributed by atoms with Gasteiger partial charge in [0.25, 0.3) is 0 Å². The summed E-state index contributed by atoms with van der Waals surface area (Å²) in [4.78, 5) is 0. The second-order valence-corrected chi connectivity index (χ2v) is 7.08. The second kappa shape index (κ2) is 7.14. The standard InChI is InChI=1S/C19H30N4/c1-4-15(19(2,3)18-22-12-13-23-18)16(17-20-10-11-21-17)14-8-6-5-7-9-14/h4-9,16-18,20-23H,10-13H2,1-3H3. The summed E-state index contributed by atoms with van der Waals surface area (Å²) in [6.45, 7) is 11.0. The number of hydrogen-bond acceptors (Lipinski definition) is 4. The molecule has 0 aromatic heterocycles. The Morgan fingerprint density at radius 3 is 2.13 bits per heavy atom. The molecule has 4 N–H and O–H groups in total. The maximum absolute atomic E-state index is 3.64. The molecule has 2 aliphatic rings. The van der Waals surface area contributed by atoms with E-state index in [1.807, 2.05) is 0 Å². The molecular formula is C19H30N4. The van der Waals surface area contributed by atoms with E-state index in [1.54, 1.807) is 0 Å². The summed E-state index contributed by atoms with van der Waals surface area (Å²) in [6, 6.07) is 10.9. The summed E-state index contributed by atoms with van der Waals surface area (Å²) >= 11 is 0. The van der Waals surface area contributed by atoms with Crippen molar-refractivity contribution in [2.24, 2.45) is 5.41 Å². The van der Waals surface area contributed by atoms with Gasteiger partial charge in [-0.25, -0.2) is 0 Å². The minimum Gasteiger partial charge on any atom is -0.300 e. The van der Waals surface area contributed by atoms with Crippen molar-refractivity contribution >= 4 is 0 Å². The molecule has 0 bridgehead atoms. The van der Waals surface area contributed by atoms with Crippen molar-refractivity contribution in [1.82, 2.24) is 21.3 Å². The van der Waals surface area contributed by atoms with Gasteiger partial charge in [-0.1, -0.05) is 55.8 Å². The third kappa shape index (κ3) is 3.36. The first-order valence-electron chi connectivity index (χ1n) is 8.79. The molecule has 1 aromatic carbocycles. The van der Waals surface area contributed by atoms with Gasteiger partial charge in [0.15, 0.2) is 0 Å². The van der Waals surface area contributed by atoms with Crippen LogP contribution in [-0.4, -0.2) is 38.5 Å². The van der Waals surface area contributed by atoms with Crippen LogP contribution in [0.15, 0.2) is 42.0 Å². The Kier molecular flexibility index (Phi) is 5.17. The third-order valence-electron chi connectivity index (χ3n) is 5.28. The van der Waals surface area contributed by atoms with E-state index in [0.29, 0.717) is 18.2 Å². The van der Waals surface area contributed by atoms with Crippen molar-refractivity contribution in [2.75, 3.05) is 26.2 Å². The zero-order valence-electron chi connectivity index (χ0n) is 14.5. The van der Waals surface area contributed by atoms with E-state index in [9.17, 15) is 0 Å². The summed E-state index contributed by atoms with van der Waals surface area (Å²) in [5.74, 6) is 0.336. The van der Waals surface area contributed by atoms with Crippen LogP contribution in [0.25, 0.3) is 0 Å². The van der Waals surface area contributed by atoms with Gasteiger partial charge in [0.1, 0.15) is 0 Å². The highest BCUT2D eigenvalue weighted by atomic mass is 15.2. The predicted octanol–water partition coefficient (Wildman–Crippen LogP) is 1.78. The van der Waals surface area contributed by atoms with Gasteiger partial charge in [-0.2, -0.15) is 0 Å². The highest BCUT2D eigenvalue weighted by Crippen LogP contribution is 2.41. The molecule has 2 aliphatic heterocycles. The van der Waals surface area contributed by atoms with Crippen LogP contribution in [0.4, 0.5) is 0 Å². The van der Waals surface area contributed by atoms with E-state index in [1.165, 1.54) is 11.1 Å². The Balaban J connectivity index is 1.96. The largest absolute Gasteiger partial charge is 0.300 e. The van der Waals surface area contributed by atoms with Gasteiger partial charge < -0.3 is 0 Å². The summed E-state index contributed by atoms with van der Waals surface area (Å²) in [5.41, 5.74) is 2.89. The fourth-order valence-corrected chi connectivity index (χ4v) is 4.11. The zero-order valence-corrected chi connectivity index (χ0v) is 14.5. The predicted molar refractivity (Wildman–Crippen MR) is 96.3 cm³/mol. The first-order chi connectivity index (χ1) is 11.1. The van der Waals surface area contributed by atoms with Crippen LogP contribution in [0, 0.1) is 5.41 Å². The smallest absolute Gasteiger partial charge is 0.0681 e. The van der Waals surface area contributed by atoms with E-state index >= 15 is 0 Å². The number of benzene rings is 1. The van der Waals surface area contributed by atoms with Crippen LogP contribution < -0.4 is 21.3 Å². The molecule has 23 heavy (non-hydrogen) atoms. The van der Waals surface area contributed by atoms with Crippen molar-refractivity contribution in [3.05, 3.63) is 47.5 Å². The maximum Gasteiger partial charge on any atom is 0.0681 e. The van der Waals surface area contributed by atoms with Crippen LogP contribution in [0.2, 0.25) is 0 Å². The summed E-state index contributed by atoms with van der Waals surface area (Å²) < 4.78 is 0. The molecule has 0 amide bonds. The Morgan fingerprint density at radius 2 is 1.57 bits per heavy atom. The number of allylic oxidation sites excluding steroid dienone is 1. The van der Waals surface area contributed by atoms with Crippen LogP contribution >= 0.6 is 0 Å².